The van der Waals surface area contributed by atoms with E-state index in [4.69, 9.17) is 5.11 Å². The summed E-state index contributed by atoms with van der Waals surface area (Å²) < 4.78 is 0. The molecule has 0 spiro atoms. The van der Waals surface area contributed by atoms with Crippen LogP contribution >= 0.6 is 0 Å². The van der Waals surface area contributed by atoms with Gasteiger partial charge < -0.3 is 57.3 Å². The van der Waals surface area contributed by atoms with E-state index in [0.717, 1.165) is 17.5 Å². The van der Waals surface area contributed by atoms with Gasteiger partial charge in [-0.25, -0.2) is 14.4 Å². The van der Waals surface area contributed by atoms with Gasteiger partial charge in [0.2, 0.25) is 29.5 Å². The van der Waals surface area contributed by atoms with Crippen molar-refractivity contribution in [2.75, 3.05) is 19.6 Å². The maximum Gasteiger partial charge on any atom is 0.326 e. The Bertz CT molecular complexity index is 1810. The molecule has 4 unspecified atom stereocenters. The average Bonchev–Trinajstić information content (AvgIpc) is 3.25. The molecule has 20 heteroatoms. The maximum absolute atomic E-state index is 13.8. The van der Waals surface area contributed by atoms with Crippen molar-refractivity contribution >= 4 is 59.8 Å². The van der Waals surface area contributed by atoms with Gasteiger partial charge in [-0.1, -0.05) is 79.9 Å². The van der Waals surface area contributed by atoms with Gasteiger partial charge in [0, 0.05) is 64.6 Å². The van der Waals surface area contributed by atoms with Gasteiger partial charge in [-0.15, -0.1) is 0 Å². The fraction of sp³-hybridized carbons (Fsp3) is 0.488. The third-order valence-electron chi connectivity index (χ3n) is 9.50. The molecule has 0 saturated carbocycles. The van der Waals surface area contributed by atoms with Crippen LogP contribution in [0.15, 0.2) is 60.7 Å². The van der Waals surface area contributed by atoms with Crippen molar-refractivity contribution in [3.63, 3.8) is 0 Å². The fourth-order valence-electron chi connectivity index (χ4n) is 6.12. The number of aldehydes is 1. The van der Waals surface area contributed by atoms with E-state index in [0.29, 0.717) is 38.5 Å². The first-order valence-corrected chi connectivity index (χ1v) is 20.8. The zero-order valence-electron chi connectivity index (χ0n) is 35.1. The summed E-state index contributed by atoms with van der Waals surface area (Å²) in [6.45, 7) is 0.510. The van der Waals surface area contributed by atoms with Crippen molar-refractivity contribution in [2.24, 2.45) is 0 Å². The lowest BCUT2D eigenvalue weighted by Crippen LogP contribution is -2.55. The van der Waals surface area contributed by atoms with Crippen LogP contribution in [0.5, 0.6) is 0 Å². The number of nitrogens with one attached hydrogen (secondary N) is 7. The van der Waals surface area contributed by atoms with Crippen LogP contribution in [0.1, 0.15) is 88.2 Å². The quantitative estimate of drug-likeness (QED) is 0.0362. The van der Waals surface area contributed by atoms with Crippen LogP contribution in [0, 0.1) is 0 Å². The van der Waals surface area contributed by atoms with Crippen molar-refractivity contribution in [1.82, 2.24) is 37.2 Å². The number of carboxylic acid groups (broad SMARTS) is 3. The Hall–Kier alpha value is -6.86. The molecule has 0 aliphatic heterocycles. The van der Waals surface area contributed by atoms with Crippen molar-refractivity contribution in [3.8, 4) is 0 Å². The lowest BCUT2D eigenvalue weighted by molar-refractivity contribution is -0.141. The summed E-state index contributed by atoms with van der Waals surface area (Å²) >= 11 is 0. The first-order valence-electron chi connectivity index (χ1n) is 20.8. The number of aliphatic carboxylic acids is 3. The number of hydrogen-bond acceptors (Lipinski definition) is 10. The molecule has 0 heterocycles. The normalized spacial score (nSPS) is 12.5. The fourth-order valence-corrected chi connectivity index (χ4v) is 6.12. The number of amides is 7. The molecule has 0 fully saturated rings. The number of rotatable bonds is 32. The second kappa shape index (κ2) is 30.2. The largest absolute Gasteiger partial charge is 0.481 e. The zero-order chi connectivity index (χ0) is 46.4. The van der Waals surface area contributed by atoms with Gasteiger partial charge in [-0.2, -0.15) is 0 Å². The average molecular weight is 882 g/mol. The predicted molar refractivity (Wildman–Crippen MR) is 227 cm³/mol. The standard InChI is InChI=1S/C43H59N7O13/c51-26-12-18-35(52)45-24-25-46-39(57)33(27-29-13-6-4-7-14-29)48-40(58)34(28-30-15-8-5-9-16-30)47-37(54)17-10-2-1-3-11-23-44-36(53)21-19-31(41(59)60)49-43(63)50-32(42(61)62)20-22-38(55)56/h4-9,13-16,26,31-34H,1-3,10-12,17-25,27-28H2,(H,44,53)(H,45,52)(H,46,57)(H,47,54)(H,48,58)(H,55,56)(H,59,60)(H,61,62)(H2,49,50,63). The molecule has 2 aromatic carbocycles. The molecule has 7 amide bonds. The molecule has 63 heavy (non-hydrogen) atoms. The Morgan fingerprint density at radius 1 is 0.476 bits per heavy atom. The molecule has 0 radical (unpaired) electrons. The van der Waals surface area contributed by atoms with E-state index in [1.165, 1.54) is 0 Å². The summed E-state index contributed by atoms with van der Waals surface area (Å²) in [7, 11) is 0. The summed E-state index contributed by atoms with van der Waals surface area (Å²) in [4.78, 5) is 121. The van der Waals surface area contributed by atoms with E-state index in [-0.39, 0.29) is 69.8 Å². The summed E-state index contributed by atoms with van der Waals surface area (Å²) in [5.41, 5.74) is 1.59. The minimum Gasteiger partial charge on any atom is -0.481 e. The molecule has 10 N–H and O–H groups in total. The predicted octanol–water partition coefficient (Wildman–Crippen LogP) is 0.960. The summed E-state index contributed by atoms with van der Waals surface area (Å²) in [6, 6.07) is 12.0. The van der Waals surface area contributed by atoms with Crippen molar-refractivity contribution < 1.29 is 63.3 Å². The molecule has 2 aromatic rings. The van der Waals surface area contributed by atoms with Crippen LogP contribution < -0.4 is 37.2 Å². The number of unbranched alkanes of at least 4 members (excludes halogenated alkanes) is 4. The molecule has 2 rings (SSSR count). The van der Waals surface area contributed by atoms with Crippen LogP contribution in [0.25, 0.3) is 0 Å². The molecular formula is C43H59N7O13. The van der Waals surface area contributed by atoms with Crippen molar-refractivity contribution in [3.05, 3.63) is 71.8 Å². The van der Waals surface area contributed by atoms with Gasteiger partial charge in [-0.05, 0) is 36.8 Å². The number of carbonyl (C=O) groups is 10. The summed E-state index contributed by atoms with van der Waals surface area (Å²) in [5, 5.41) is 45.2. The second-order valence-corrected chi connectivity index (χ2v) is 14.6. The number of benzene rings is 2. The molecule has 20 nitrogen and oxygen atoms in total. The Morgan fingerprint density at radius 3 is 1.52 bits per heavy atom. The van der Waals surface area contributed by atoms with Crippen LogP contribution in [-0.4, -0.2) is 119 Å². The van der Waals surface area contributed by atoms with Crippen LogP contribution in [0.3, 0.4) is 0 Å². The molecule has 0 saturated heterocycles. The highest BCUT2D eigenvalue weighted by Gasteiger charge is 2.28. The Kier molecular flexibility index (Phi) is 25.1. The monoisotopic (exact) mass is 881 g/mol. The van der Waals surface area contributed by atoms with Gasteiger partial charge in [0.15, 0.2) is 0 Å². The van der Waals surface area contributed by atoms with E-state index in [1.54, 1.807) is 0 Å². The molecule has 0 aromatic heterocycles. The second-order valence-electron chi connectivity index (χ2n) is 14.6. The van der Waals surface area contributed by atoms with Crippen molar-refractivity contribution in [2.45, 2.75) is 114 Å². The SMILES string of the molecule is O=CCCC(=O)NCCNC(=O)C(Cc1ccccc1)NC(=O)C(Cc1ccccc1)NC(=O)CCCCCCCNC(=O)CCC(NC(=O)NC(CCC(=O)O)C(=O)O)C(=O)O. The Balaban J connectivity index is 1.82. The highest BCUT2D eigenvalue weighted by Crippen LogP contribution is 2.10. The van der Waals surface area contributed by atoms with Gasteiger partial charge >= 0.3 is 23.9 Å². The summed E-state index contributed by atoms with van der Waals surface area (Å²) in [6.07, 6.45) is 3.02. The highest BCUT2D eigenvalue weighted by molar-refractivity contribution is 5.92. The maximum atomic E-state index is 13.8. The highest BCUT2D eigenvalue weighted by atomic mass is 16.4. The lowest BCUT2D eigenvalue weighted by Gasteiger charge is -2.24. The molecule has 0 aliphatic carbocycles. The van der Waals surface area contributed by atoms with E-state index >= 15 is 0 Å². The first-order chi connectivity index (χ1) is 30.2. The zero-order valence-corrected chi connectivity index (χ0v) is 35.1. The van der Waals surface area contributed by atoms with Gasteiger partial charge in [0.1, 0.15) is 30.5 Å². The van der Waals surface area contributed by atoms with E-state index < -0.39 is 78.7 Å². The minimum atomic E-state index is -1.55. The van der Waals surface area contributed by atoms with Crippen LogP contribution in [0.2, 0.25) is 0 Å². The van der Waals surface area contributed by atoms with Gasteiger partial charge in [0.05, 0.1) is 0 Å². The number of carbonyl (C=O) groups excluding carboxylic acids is 7. The molecule has 344 valence electrons. The third kappa shape index (κ3) is 23.7. The minimum absolute atomic E-state index is 0.0394. The Morgan fingerprint density at radius 2 is 0.968 bits per heavy atom. The van der Waals surface area contributed by atoms with Crippen LogP contribution in [-0.2, 0) is 56.0 Å². The van der Waals surface area contributed by atoms with Gasteiger partial charge in [0.25, 0.3) is 0 Å². The van der Waals surface area contributed by atoms with Crippen molar-refractivity contribution in [1.29, 1.82) is 0 Å². The smallest absolute Gasteiger partial charge is 0.326 e. The summed E-state index contributed by atoms with van der Waals surface area (Å²) in [5.74, 6) is -6.37. The molecular weight excluding hydrogens is 823 g/mol. The van der Waals surface area contributed by atoms with E-state index in [1.807, 2.05) is 66.0 Å². The van der Waals surface area contributed by atoms with Gasteiger partial charge in [-0.3, -0.25) is 28.8 Å². The number of hydrogen-bond donors (Lipinski definition) is 10. The van der Waals surface area contributed by atoms with E-state index in [2.05, 4.69) is 31.9 Å². The number of urea groups is 1. The Labute approximate surface area is 365 Å². The number of carboxylic acids is 3. The topological polar surface area (TPSA) is 316 Å². The molecule has 4 atom stereocenters. The molecule has 0 bridgehead atoms. The first kappa shape index (κ1) is 52.3. The van der Waals surface area contributed by atoms with E-state index in [9.17, 15) is 58.2 Å². The van der Waals surface area contributed by atoms with Crippen LogP contribution in [0.4, 0.5) is 4.79 Å². The third-order valence-corrected chi connectivity index (χ3v) is 9.50. The lowest BCUT2D eigenvalue weighted by atomic mass is 10.0. The molecule has 0 aliphatic rings.